The van der Waals surface area contributed by atoms with E-state index in [1.807, 2.05) is 18.2 Å². The minimum Gasteiger partial charge on any atom is -0.376 e. The maximum Gasteiger partial charge on any atom is 0.259 e. The molecule has 1 aliphatic rings. The Morgan fingerprint density at radius 1 is 1.24 bits per heavy atom. The number of aromatic amines is 1. The number of aromatic nitrogens is 3. The van der Waals surface area contributed by atoms with Crippen molar-refractivity contribution < 1.29 is 9.26 Å². The summed E-state index contributed by atoms with van der Waals surface area (Å²) in [5, 5.41) is 4.00. The maximum absolute atomic E-state index is 12.3. The lowest BCUT2D eigenvalue weighted by atomic mass is 10.0. The summed E-state index contributed by atoms with van der Waals surface area (Å²) < 4.78 is 10.8. The number of aryl methyl sites for hydroxylation is 1. The van der Waals surface area contributed by atoms with Gasteiger partial charge >= 0.3 is 0 Å². The lowest BCUT2D eigenvalue weighted by molar-refractivity contribution is 0.109. The fourth-order valence-corrected chi connectivity index (χ4v) is 3.16. The van der Waals surface area contributed by atoms with Gasteiger partial charge in [0, 0.05) is 12.1 Å². The highest BCUT2D eigenvalue weighted by Gasteiger charge is 2.18. The zero-order valence-electron chi connectivity index (χ0n) is 14.0. The molecular weight excluding hydrogens is 318 g/mol. The summed E-state index contributed by atoms with van der Waals surface area (Å²) in [5.41, 5.74) is 4.55. The van der Waals surface area contributed by atoms with Gasteiger partial charge in [-0.2, -0.15) is 4.98 Å². The number of fused-ring (bicyclic) bond motifs is 1. The molecule has 0 saturated carbocycles. The summed E-state index contributed by atoms with van der Waals surface area (Å²) in [6, 6.07) is 9.99. The second kappa shape index (κ2) is 6.64. The number of nitrogens with zero attached hydrogens (tertiary/aromatic N) is 2. The molecule has 0 atom stereocenters. The molecule has 3 aromatic rings. The number of nitrogens with one attached hydrogen (secondary N) is 1. The topological polar surface area (TPSA) is 81.0 Å². The predicted molar refractivity (Wildman–Crippen MR) is 92.3 cm³/mol. The van der Waals surface area contributed by atoms with Crippen LogP contribution in [0.4, 0.5) is 0 Å². The van der Waals surface area contributed by atoms with Crippen molar-refractivity contribution in [1.29, 1.82) is 0 Å². The molecule has 4 rings (SSSR count). The standard InChI is InChI=1S/C19H19N3O3/c1-2-12-5-3-4-6-13(12)10-17-21-18(22-25-17)15-9-14-11-24-8-7-16(14)20-19(15)23/h3-6,9H,2,7-8,10-11H2,1H3,(H,20,23). The SMILES string of the molecule is CCc1ccccc1Cc1nc(-c2cc3c([nH]c2=O)CCOC3)no1. The predicted octanol–water partition coefficient (Wildman–Crippen LogP) is 2.65. The van der Waals surface area contributed by atoms with Crippen molar-refractivity contribution in [2.24, 2.45) is 0 Å². The molecule has 1 N–H and O–H groups in total. The Morgan fingerprint density at radius 2 is 2.08 bits per heavy atom. The Hall–Kier alpha value is -2.73. The van der Waals surface area contributed by atoms with Crippen LogP contribution in [-0.2, 0) is 30.6 Å². The Kier molecular flexibility index (Phi) is 4.19. The average molecular weight is 337 g/mol. The molecule has 3 heterocycles. The van der Waals surface area contributed by atoms with Gasteiger partial charge in [0.15, 0.2) is 0 Å². The zero-order chi connectivity index (χ0) is 17.2. The Labute approximate surface area is 144 Å². The molecular formula is C19H19N3O3. The van der Waals surface area contributed by atoms with Crippen LogP contribution >= 0.6 is 0 Å². The van der Waals surface area contributed by atoms with Gasteiger partial charge in [-0.15, -0.1) is 0 Å². The molecule has 1 aromatic carbocycles. The van der Waals surface area contributed by atoms with Crippen molar-refractivity contribution in [3.05, 3.63) is 69.0 Å². The van der Waals surface area contributed by atoms with Gasteiger partial charge in [0.05, 0.1) is 25.2 Å². The Balaban J connectivity index is 1.64. The van der Waals surface area contributed by atoms with Gasteiger partial charge in [-0.1, -0.05) is 36.3 Å². The van der Waals surface area contributed by atoms with Crippen LogP contribution in [0.3, 0.4) is 0 Å². The molecule has 0 radical (unpaired) electrons. The number of H-pyrrole nitrogens is 1. The zero-order valence-corrected chi connectivity index (χ0v) is 14.0. The molecule has 0 aliphatic carbocycles. The van der Waals surface area contributed by atoms with E-state index in [0.717, 1.165) is 29.7 Å². The highest BCUT2D eigenvalue weighted by Crippen LogP contribution is 2.20. The van der Waals surface area contributed by atoms with Gasteiger partial charge in [-0.05, 0) is 29.2 Å². The number of hydrogen-bond acceptors (Lipinski definition) is 5. The van der Waals surface area contributed by atoms with Crippen LogP contribution < -0.4 is 5.56 Å². The van der Waals surface area contributed by atoms with Gasteiger partial charge in [0.1, 0.15) is 0 Å². The quantitative estimate of drug-likeness (QED) is 0.791. The average Bonchev–Trinajstić information content (AvgIpc) is 3.10. The molecule has 0 bridgehead atoms. The van der Waals surface area contributed by atoms with Crippen LogP contribution in [0.1, 0.15) is 35.2 Å². The van der Waals surface area contributed by atoms with Crippen LogP contribution in [0, 0.1) is 0 Å². The number of ether oxygens (including phenoxy) is 1. The first-order valence-corrected chi connectivity index (χ1v) is 8.47. The van der Waals surface area contributed by atoms with E-state index in [4.69, 9.17) is 9.26 Å². The van der Waals surface area contributed by atoms with E-state index in [2.05, 4.69) is 34.2 Å². The fourth-order valence-electron chi connectivity index (χ4n) is 3.16. The van der Waals surface area contributed by atoms with Crippen LogP contribution in [0.5, 0.6) is 0 Å². The molecule has 128 valence electrons. The van der Waals surface area contributed by atoms with Crippen LogP contribution in [0.2, 0.25) is 0 Å². The fraction of sp³-hybridized carbons (Fsp3) is 0.316. The number of rotatable bonds is 4. The molecule has 25 heavy (non-hydrogen) atoms. The highest BCUT2D eigenvalue weighted by atomic mass is 16.5. The molecule has 1 aliphatic heterocycles. The van der Waals surface area contributed by atoms with E-state index >= 15 is 0 Å². The van der Waals surface area contributed by atoms with Gasteiger partial charge in [0.2, 0.25) is 11.7 Å². The van der Waals surface area contributed by atoms with Gasteiger partial charge in [-0.25, -0.2) is 0 Å². The van der Waals surface area contributed by atoms with Crippen LogP contribution in [0.15, 0.2) is 39.6 Å². The van der Waals surface area contributed by atoms with Crippen molar-refractivity contribution in [2.75, 3.05) is 6.61 Å². The third-order valence-corrected chi connectivity index (χ3v) is 4.52. The lowest BCUT2D eigenvalue weighted by Crippen LogP contribution is -2.19. The Morgan fingerprint density at radius 3 is 2.92 bits per heavy atom. The largest absolute Gasteiger partial charge is 0.376 e. The summed E-state index contributed by atoms with van der Waals surface area (Å²) in [7, 11) is 0. The molecule has 0 saturated heterocycles. The molecule has 0 fully saturated rings. The summed E-state index contributed by atoms with van der Waals surface area (Å²) in [4.78, 5) is 19.7. The van der Waals surface area contributed by atoms with Crippen molar-refractivity contribution in [2.45, 2.75) is 32.8 Å². The normalized spacial score (nSPS) is 13.6. The van der Waals surface area contributed by atoms with E-state index in [-0.39, 0.29) is 5.56 Å². The van der Waals surface area contributed by atoms with Crippen molar-refractivity contribution in [3.63, 3.8) is 0 Å². The lowest BCUT2D eigenvalue weighted by Gasteiger charge is -2.15. The first-order valence-electron chi connectivity index (χ1n) is 8.47. The third kappa shape index (κ3) is 3.13. The maximum atomic E-state index is 12.3. The van der Waals surface area contributed by atoms with Crippen molar-refractivity contribution in [1.82, 2.24) is 15.1 Å². The van der Waals surface area contributed by atoms with E-state index in [9.17, 15) is 4.79 Å². The van der Waals surface area contributed by atoms with Crippen molar-refractivity contribution in [3.8, 4) is 11.4 Å². The molecule has 6 nitrogen and oxygen atoms in total. The second-order valence-corrected chi connectivity index (χ2v) is 6.13. The summed E-state index contributed by atoms with van der Waals surface area (Å²) >= 11 is 0. The molecule has 0 amide bonds. The number of pyridine rings is 1. The molecule has 0 spiro atoms. The highest BCUT2D eigenvalue weighted by molar-refractivity contribution is 5.54. The summed E-state index contributed by atoms with van der Waals surface area (Å²) in [5.74, 6) is 0.822. The van der Waals surface area contributed by atoms with Crippen molar-refractivity contribution >= 4 is 0 Å². The van der Waals surface area contributed by atoms with E-state index in [1.54, 1.807) is 0 Å². The first kappa shape index (κ1) is 15.8. The monoisotopic (exact) mass is 337 g/mol. The summed E-state index contributed by atoms with van der Waals surface area (Å²) in [6.45, 7) is 3.24. The molecule has 0 unspecified atom stereocenters. The molecule has 2 aromatic heterocycles. The number of benzene rings is 1. The summed E-state index contributed by atoms with van der Waals surface area (Å²) in [6.07, 6.45) is 2.22. The van der Waals surface area contributed by atoms with E-state index in [0.29, 0.717) is 36.9 Å². The minimum atomic E-state index is -0.193. The van der Waals surface area contributed by atoms with Crippen LogP contribution in [0.25, 0.3) is 11.4 Å². The third-order valence-electron chi connectivity index (χ3n) is 4.52. The van der Waals surface area contributed by atoms with Gasteiger partial charge in [-0.3, -0.25) is 4.79 Å². The van der Waals surface area contributed by atoms with E-state index in [1.165, 1.54) is 5.56 Å². The minimum absolute atomic E-state index is 0.193. The number of hydrogen-bond donors (Lipinski definition) is 1. The van der Waals surface area contributed by atoms with Gasteiger partial charge in [0.25, 0.3) is 5.56 Å². The first-order chi connectivity index (χ1) is 12.2. The smallest absolute Gasteiger partial charge is 0.259 e. The molecule has 6 heteroatoms. The second-order valence-electron chi connectivity index (χ2n) is 6.13. The van der Waals surface area contributed by atoms with E-state index < -0.39 is 0 Å². The van der Waals surface area contributed by atoms with Gasteiger partial charge < -0.3 is 14.2 Å². The Bertz CT molecular complexity index is 959. The van der Waals surface area contributed by atoms with Crippen LogP contribution in [-0.4, -0.2) is 21.7 Å².